The molecule has 0 radical (unpaired) electrons. The van der Waals surface area contributed by atoms with Crippen LogP contribution in [-0.2, 0) is 40.1 Å². The Morgan fingerprint density at radius 2 is 1.72 bits per heavy atom. The smallest absolute Gasteiger partial charge is 0.310 e. The fourth-order valence-electron chi connectivity index (χ4n) is 11.5. The molecule has 0 aliphatic heterocycles. The number of allylic oxidation sites excluding steroid dienone is 4. The Labute approximate surface area is 339 Å². The first-order valence-corrected chi connectivity index (χ1v) is 20.6. The maximum absolute atomic E-state index is 13.9. The molecule has 304 valence electrons. The Morgan fingerprint density at radius 1 is 0.983 bits per heavy atom. The number of ketones is 2. The molecule has 5 unspecified atom stereocenters. The SMILES string of the molecule is C[C@@H]1CC2[C@@H]3CCC4=CC(=O)C=C[C@]4(C)C3[C@@H](O)C[C@]2(C)[C@H]1C(=O)COC(=O)C1CC1C(=O)OCc1ccc(C(C(=O)Nc2ccc3cnccc3c2)N(C)C)cc1. The largest absolute Gasteiger partial charge is 0.461 e. The summed E-state index contributed by atoms with van der Waals surface area (Å²) in [6.07, 6.45) is 11.6. The monoisotopic (exact) mass is 787 g/mol. The number of benzene rings is 2. The number of aliphatic hydroxyl groups excluding tert-OH is 1. The van der Waals surface area contributed by atoms with Crippen LogP contribution in [0.2, 0.25) is 0 Å². The zero-order valence-corrected chi connectivity index (χ0v) is 33.9. The quantitative estimate of drug-likeness (QED) is 0.209. The first-order chi connectivity index (χ1) is 27.7. The van der Waals surface area contributed by atoms with Gasteiger partial charge in [-0.2, -0.15) is 0 Å². The lowest BCUT2D eigenvalue weighted by molar-refractivity contribution is -0.157. The van der Waals surface area contributed by atoms with Gasteiger partial charge < -0.3 is 19.9 Å². The number of anilines is 1. The van der Waals surface area contributed by atoms with Crippen LogP contribution in [0.25, 0.3) is 10.8 Å². The van der Waals surface area contributed by atoms with Crippen molar-refractivity contribution in [3.63, 3.8) is 0 Å². The number of likely N-dealkylation sites (N-methyl/N-ethyl adjacent to an activating group) is 1. The molecule has 0 bridgehead atoms. The highest BCUT2D eigenvalue weighted by Gasteiger charge is 2.64. The molecular formula is C47H53N3O8. The molecule has 8 rings (SSSR count). The van der Waals surface area contributed by atoms with E-state index in [0.29, 0.717) is 18.5 Å². The van der Waals surface area contributed by atoms with Crippen molar-refractivity contribution in [3.05, 3.63) is 95.9 Å². The molecule has 1 amide bonds. The van der Waals surface area contributed by atoms with Gasteiger partial charge in [-0.3, -0.25) is 33.9 Å². The molecule has 58 heavy (non-hydrogen) atoms. The predicted molar refractivity (Wildman–Crippen MR) is 217 cm³/mol. The summed E-state index contributed by atoms with van der Waals surface area (Å²) in [6, 6.07) is 14.3. The lowest BCUT2D eigenvalue weighted by Crippen LogP contribution is -2.56. The Kier molecular flexibility index (Phi) is 10.5. The standard InChI is InChI=1S/C47H53N3O8/c1-26-18-37-34-13-11-31-20-33(51)14-16-46(31,2)41(34)38(52)22-47(37,3)40(26)39(53)25-58-45(56)36-21-35(36)44(55)57-24-27-6-8-28(9-7-27)42(50(4)5)43(54)49-32-12-10-30-23-48-17-15-29(30)19-32/h6-10,12,14-17,19-20,23,26,34-38,40-42,52H,11,13,18,21-22,24-25H2,1-5H3,(H,49,54)/t26-,34+,35?,36?,37?,38+,40-,41?,42?,46+,47+/m1/s1. The third-order valence-electron chi connectivity index (χ3n) is 14.3. The molecule has 11 heteroatoms. The van der Waals surface area contributed by atoms with Crippen LogP contribution in [-0.4, -0.2) is 71.2 Å². The number of fused-ring (bicyclic) bond motifs is 6. The van der Waals surface area contributed by atoms with Crippen LogP contribution < -0.4 is 5.32 Å². The van der Waals surface area contributed by atoms with Gasteiger partial charge in [0.15, 0.2) is 11.6 Å². The number of nitrogens with one attached hydrogen (secondary N) is 1. The number of esters is 2. The van der Waals surface area contributed by atoms with Gasteiger partial charge in [0, 0.05) is 40.7 Å². The zero-order valence-electron chi connectivity index (χ0n) is 33.9. The molecule has 2 aromatic carbocycles. The number of rotatable bonds is 11. The average molecular weight is 788 g/mol. The van der Waals surface area contributed by atoms with Gasteiger partial charge in [0.05, 0.1) is 17.9 Å². The zero-order chi connectivity index (χ0) is 41.1. The second kappa shape index (κ2) is 15.3. The summed E-state index contributed by atoms with van der Waals surface area (Å²) >= 11 is 0. The Balaban J connectivity index is 0.820. The van der Waals surface area contributed by atoms with Crippen molar-refractivity contribution in [2.75, 3.05) is 26.0 Å². The molecule has 4 saturated carbocycles. The van der Waals surface area contributed by atoms with Crippen LogP contribution in [0.3, 0.4) is 0 Å². The van der Waals surface area contributed by atoms with Crippen LogP contribution in [0.1, 0.15) is 70.0 Å². The molecule has 1 heterocycles. The Hall–Kier alpha value is -5.00. The number of hydrogen-bond donors (Lipinski definition) is 2. The predicted octanol–water partition coefficient (Wildman–Crippen LogP) is 6.41. The molecule has 11 atom stereocenters. The van der Waals surface area contributed by atoms with Gasteiger partial charge in [0.2, 0.25) is 5.91 Å². The Bertz CT molecular complexity index is 2210. The number of ether oxygens (including phenoxy) is 2. The maximum atomic E-state index is 13.9. The summed E-state index contributed by atoms with van der Waals surface area (Å²) in [6.45, 7) is 6.02. The molecule has 5 aliphatic carbocycles. The van der Waals surface area contributed by atoms with Crippen molar-refractivity contribution in [3.8, 4) is 0 Å². The maximum Gasteiger partial charge on any atom is 0.310 e. The minimum atomic E-state index is -0.649. The molecule has 0 saturated heterocycles. The molecule has 1 aromatic heterocycles. The number of amides is 1. The highest BCUT2D eigenvalue weighted by atomic mass is 16.5. The van der Waals surface area contributed by atoms with Gasteiger partial charge in [0.25, 0.3) is 0 Å². The van der Waals surface area contributed by atoms with Crippen molar-refractivity contribution in [1.82, 2.24) is 9.88 Å². The van der Waals surface area contributed by atoms with Crippen LogP contribution in [0.15, 0.2) is 84.7 Å². The van der Waals surface area contributed by atoms with E-state index in [2.05, 4.69) is 31.1 Å². The summed E-state index contributed by atoms with van der Waals surface area (Å²) in [7, 11) is 3.67. The molecule has 11 nitrogen and oxygen atoms in total. The number of carbonyl (C=O) groups excluding carboxylic acids is 5. The first kappa shape index (κ1) is 39.8. The lowest BCUT2D eigenvalue weighted by atomic mass is 9.46. The average Bonchev–Trinajstić information content (AvgIpc) is 3.94. The topological polar surface area (TPSA) is 152 Å². The van der Waals surface area contributed by atoms with Gasteiger partial charge in [-0.1, -0.05) is 62.8 Å². The number of aromatic nitrogens is 1. The van der Waals surface area contributed by atoms with Gasteiger partial charge in [-0.25, -0.2) is 0 Å². The third kappa shape index (κ3) is 7.21. The molecule has 3 aromatic rings. The van der Waals surface area contributed by atoms with E-state index in [9.17, 15) is 29.1 Å². The molecule has 2 N–H and O–H groups in total. The normalized spacial score (nSPS) is 32.7. The Morgan fingerprint density at radius 3 is 2.47 bits per heavy atom. The van der Waals surface area contributed by atoms with E-state index in [1.165, 1.54) is 0 Å². The number of Topliss-reactive ketones (excluding diaryl/α,β-unsaturated/α-hetero) is 1. The van der Waals surface area contributed by atoms with Crippen molar-refractivity contribution >= 4 is 45.9 Å². The minimum absolute atomic E-state index is 0.00201. The van der Waals surface area contributed by atoms with E-state index in [1.54, 1.807) is 24.5 Å². The number of pyridine rings is 1. The van der Waals surface area contributed by atoms with Crippen molar-refractivity contribution < 1.29 is 38.6 Å². The summed E-state index contributed by atoms with van der Waals surface area (Å²) in [5, 5.41) is 16.7. The van der Waals surface area contributed by atoms with Crippen LogP contribution in [0.4, 0.5) is 5.69 Å². The van der Waals surface area contributed by atoms with Gasteiger partial charge in [-0.15, -0.1) is 0 Å². The van der Waals surface area contributed by atoms with Gasteiger partial charge in [0.1, 0.15) is 19.3 Å². The van der Waals surface area contributed by atoms with Crippen molar-refractivity contribution in [2.24, 2.45) is 52.3 Å². The second-order valence-electron chi connectivity index (χ2n) is 18.2. The summed E-state index contributed by atoms with van der Waals surface area (Å²) in [4.78, 5) is 71.4. The summed E-state index contributed by atoms with van der Waals surface area (Å²) < 4.78 is 11.1. The highest BCUT2D eigenvalue weighted by Crippen LogP contribution is 2.67. The molecule has 0 spiro atoms. The van der Waals surface area contributed by atoms with E-state index < -0.39 is 41.3 Å². The van der Waals surface area contributed by atoms with Crippen LogP contribution in [0, 0.1) is 52.3 Å². The summed E-state index contributed by atoms with van der Waals surface area (Å²) in [5.41, 5.74) is 2.49. The van der Waals surface area contributed by atoms with Gasteiger partial charge >= 0.3 is 11.9 Å². The number of nitrogens with zero attached hydrogens (tertiary/aromatic N) is 2. The van der Waals surface area contributed by atoms with Crippen molar-refractivity contribution in [2.45, 2.75) is 71.6 Å². The van der Waals surface area contributed by atoms with E-state index in [4.69, 9.17) is 9.47 Å². The van der Waals surface area contributed by atoms with E-state index in [1.807, 2.05) is 73.6 Å². The molecular weight excluding hydrogens is 735 g/mol. The second-order valence-corrected chi connectivity index (χ2v) is 18.2. The van der Waals surface area contributed by atoms with Gasteiger partial charge in [-0.05, 0) is 116 Å². The molecule has 5 aliphatic rings. The van der Waals surface area contributed by atoms with Crippen LogP contribution >= 0.6 is 0 Å². The minimum Gasteiger partial charge on any atom is -0.461 e. The van der Waals surface area contributed by atoms with E-state index in [-0.39, 0.29) is 65.7 Å². The first-order valence-electron chi connectivity index (χ1n) is 20.6. The number of hydrogen-bond acceptors (Lipinski definition) is 10. The van der Waals surface area contributed by atoms with E-state index >= 15 is 0 Å². The fourth-order valence-corrected chi connectivity index (χ4v) is 11.5. The number of aliphatic hydroxyl groups is 1. The third-order valence-corrected chi connectivity index (χ3v) is 14.3. The lowest BCUT2D eigenvalue weighted by Gasteiger charge is -2.58. The molecule has 4 fully saturated rings. The highest BCUT2D eigenvalue weighted by molar-refractivity contribution is 6.01. The number of carbonyl (C=O) groups is 5. The van der Waals surface area contributed by atoms with E-state index in [0.717, 1.165) is 46.7 Å². The van der Waals surface area contributed by atoms with Crippen molar-refractivity contribution in [1.29, 1.82) is 0 Å². The summed E-state index contributed by atoms with van der Waals surface area (Å²) in [5.74, 6) is -2.50. The van der Waals surface area contributed by atoms with Crippen LogP contribution in [0.5, 0.6) is 0 Å². The fraction of sp³-hybridized carbons (Fsp3) is 0.489.